The summed E-state index contributed by atoms with van der Waals surface area (Å²) in [6, 6.07) is 2.16. The SMILES string of the molecule is O=C(O)c1ccc(S(=O)(=O)NCCCCO)o1. The molecule has 0 atom stereocenters. The lowest BCUT2D eigenvalue weighted by molar-refractivity contribution is 0.0656. The van der Waals surface area contributed by atoms with Crippen LogP contribution in [0.3, 0.4) is 0 Å². The van der Waals surface area contributed by atoms with Crippen LogP contribution in [0.5, 0.6) is 0 Å². The Morgan fingerprint density at radius 1 is 1.35 bits per heavy atom. The Labute approximate surface area is 98.1 Å². The van der Waals surface area contributed by atoms with E-state index in [1.807, 2.05) is 0 Å². The number of aliphatic hydroxyl groups is 1. The highest BCUT2D eigenvalue weighted by Crippen LogP contribution is 2.13. The number of furan rings is 1. The van der Waals surface area contributed by atoms with Gasteiger partial charge in [0.05, 0.1) is 0 Å². The van der Waals surface area contributed by atoms with Gasteiger partial charge in [0.2, 0.25) is 10.9 Å². The first-order valence-corrected chi connectivity index (χ1v) is 6.39. The van der Waals surface area contributed by atoms with Gasteiger partial charge in [-0.15, -0.1) is 0 Å². The maximum Gasteiger partial charge on any atom is 0.371 e. The minimum atomic E-state index is -3.82. The van der Waals surface area contributed by atoms with Crippen molar-refractivity contribution in [3.05, 3.63) is 17.9 Å². The average Bonchev–Trinajstić information content (AvgIpc) is 2.74. The number of rotatable bonds is 7. The van der Waals surface area contributed by atoms with E-state index in [1.54, 1.807) is 0 Å². The molecule has 7 nitrogen and oxygen atoms in total. The van der Waals surface area contributed by atoms with Crippen molar-refractivity contribution >= 4 is 16.0 Å². The summed E-state index contributed by atoms with van der Waals surface area (Å²) in [6.07, 6.45) is 0.975. The molecule has 0 spiro atoms. The topological polar surface area (TPSA) is 117 Å². The number of hydrogen-bond donors (Lipinski definition) is 3. The van der Waals surface area contributed by atoms with Crippen LogP contribution in [0.15, 0.2) is 21.6 Å². The van der Waals surface area contributed by atoms with E-state index in [4.69, 9.17) is 10.2 Å². The number of hydrogen-bond acceptors (Lipinski definition) is 5. The fourth-order valence-electron chi connectivity index (χ4n) is 1.09. The molecule has 0 saturated carbocycles. The van der Waals surface area contributed by atoms with Crippen LogP contribution >= 0.6 is 0 Å². The van der Waals surface area contributed by atoms with Crippen LogP contribution in [0.4, 0.5) is 0 Å². The van der Waals surface area contributed by atoms with Crippen LogP contribution < -0.4 is 4.72 Å². The smallest absolute Gasteiger partial charge is 0.371 e. The molecule has 0 radical (unpaired) electrons. The van der Waals surface area contributed by atoms with E-state index in [2.05, 4.69) is 9.14 Å². The van der Waals surface area contributed by atoms with Crippen LogP contribution in [0.2, 0.25) is 0 Å². The molecular formula is C9H13NO6S. The second-order valence-electron chi connectivity index (χ2n) is 3.25. The van der Waals surface area contributed by atoms with Gasteiger partial charge in [-0.25, -0.2) is 17.9 Å². The number of aromatic carboxylic acids is 1. The molecular weight excluding hydrogens is 250 g/mol. The van der Waals surface area contributed by atoms with Gasteiger partial charge in [-0.05, 0) is 25.0 Å². The van der Waals surface area contributed by atoms with Gasteiger partial charge in [-0.3, -0.25) is 0 Å². The fraction of sp³-hybridized carbons (Fsp3) is 0.444. The van der Waals surface area contributed by atoms with Crippen molar-refractivity contribution in [1.82, 2.24) is 4.72 Å². The molecule has 17 heavy (non-hydrogen) atoms. The molecule has 1 rings (SSSR count). The van der Waals surface area contributed by atoms with E-state index in [9.17, 15) is 13.2 Å². The summed E-state index contributed by atoms with van der Waals surface area (Å²) >= 11 is 0. The second-order valence-corrected chi connectivity index (χ2v) is 4.95. The standard InChI is InChI=1S/C9H13NO6S/c11-6-2-1-5-10-17(14,15)8-4-3-7(16-8)9(12)13/h3-4,10-11H,1-2,5-6H2,(H,12,13). The lowest BCUT2D eigenvalue weighted by Gasteiger charge is -2.02. The van der Waals surface area contributed by atoms with E-state index in [-0.39, 0.29) is 13.2 Å². The van der Waals surface area contributed by atoms with E-state index < -0.39 is 26.8 Å². The molecule has 0 unspecified atom stereocenters. The Balaban J connectivity index is 2.66. The predicted molar refractivity (Wildman–Crippen MR) is 57.2 cm³/mol. The number of carbonyl (C=O) groups is 1. The number of carboxylic acids is 1. The lowest BCUT2D eigenvalue weighted by atomic mass is 10.3. The van der Waals surface area contributed by atoms with Crippen LogP contribution in [0.1, 0.15) is 23.4 Å². The number of sulfonamides is 1. The summed E-state index contributed by atoms with van der Waals surface area (Å²) in [5, 5.41) is 16.7. The number of unbranched alkanes of at least 4 members (excludes halogenated alkanes) is 1. The summed E-state index contributed by atoms with van der Waals surface area (Å²) in [5.41, 5.74) is 0. The Bertz CT molecular complexity index is 477. The predicted octanol–water partition coefficient (Wildman–Crippen LogP) is 0.0286. The monoisotopic (exact) mass is 263 g/mol. The third-order valence-electron chi connectivity index (χ3n) is 1.93. The molecule has 8 heteroatoms. The molecule has 1 heterocycles. The van der Waals surface area contributed by atoms with Crippen LogP contribution in [-0.2, 0) is 10.0 Å². The van der Waals surface area contributed by atoms with E-state index in [0.29, 0.717) is 12.8 Å². The zero-order chi connectivity index (χ0) is 12.9. The van der Waals surface area contributed by atoms with Crippen molar-refractivity contribution in [3.8, 4) is 0 Å². The molecule has 1 aromatic rings. The van der Waals surface area contributed by atoms with Crippen LogP contribution in [0, 0.1) is 0 Å². The van der Waals surface area contributed by atoms with Crippen LogP contribution in [-0.4, -0.2) is 37.8 Å². The number of carboxylic acid groups (broad SMARTS) is 1. The summed E-state index contributed by atoms with van der Waals surface area (Å²) in [5.74, 6) is -1.76. The van der Waals surface area contributed by atoms with Crippen molar-refractivity contribution in [3.63, 3.8) is 0 Å². The van der Waals surface area contributed by atoms with Crippen LogP contribution in [0.25, 0.3) is 0 Å². The van der Waals surface area contributed by atoms with Gasteiger partial charge in [0.15, 0.2) is 0 Å². The Kier molecular flexibility index (Phi) is 4.67. The summed E-state index contributed by atoms with van der Waals surface area (Å²) in [7, 11) is -3.82. The molecule has 0 fully saturated rings. The first kappa shape index (κ1) is 13.7. The van der Waals surface area contributed by atoms with Crippen molar-refractivity contribution in [2.45, 2.75) is 17.9 Å². The quantitative estimate of drug-likeness (QED) is 0.597. The molecule has 0 aliphatic heterocycles. The first-order valence-electron chi connectivity index (χ1n) is 4.91. The second kappa shape index (κ2) is 5.80. The van der Waals surface area contributed by atoms with E-state index in [1.165, 1.54) is 0 Å². The number of aliphatic hydroxyl groups excluding tert-OH is 1. The molecule has 0 aliphatic carbocycles. The maximum atomic E-state index is 11.6. The zero-order valence-electron chi connectivity index (χ0n) is 8.92. The van der Waals surface area contributed by atoms with Gasteiger partial charge in [0, 0.05) is 13.2 Å². The summed E-state index contributed by atoms with van der Waals surface area (Å²) in [4.78, 5) is 10.5. The highest BCUT2D eigenvalue weighted by Gasteiger charge is 2.20. The summed E-state index contributed by atoms with van der Waals surface area (Å²) in [6.45, 7) is 0.150. The molecule has 0 saturated heterocycles. The third-order valence-corrected chi connectivity index (χ3v) is 3.27. The highest BCUT2D eigenvalue weighted by molar-refractivity contribution is 7.89. The molecule has 0 bridgehead atoms. The largest absolute Gasteiger partial charge is 0.475 e. The maximum absolute atomic E-state index is 11.6. The molecule has 0 aromatic carbocycles. The minimum Gasteiger partial charge on any atom is -0.475 e. The number of nitrogens with one attached hydrogen (secondary N) is 1. The molecule has 3 N–H and O–H groups in total. The van der Waals surface area contributed by atoms with Gasteiger partial charge >= 0.3 is 5.97 Å². The summed E-state index contributed by atoms with van der Waals surface area (Å²) < 4.78 is 30.0. The van der Waals surface area contributed by atoms with Gasteiger partial charge < -0.3 is 14.6 Å². The average molecular weight is 263 g/mol. The van der Waals surface area contributed by atoms with E-state index >= 15 is 0 Å². The Morgan fingerprint density at radius 3 is 2.59 bits per heavy atom. The fourth-order valence-corrected chi connectivity index (χ4v) is 2.10. The normalized spacial score (nSPS) is 11.6. The van der Waals surface area contributed by atoms with Crippen molar-refractivity contribution in [2.75, 3.05) is 13.2 Å². The van der Waals surface area contributed by atoms with Crippen molar-refractivity contribution < 1.29 is 27.8 Å². The van der Waals surface area contributed by atoms with Gasteiger partial charge in [0.25, 0.3) is 10.0 Å². The zero-order valence-corrected chi connectivity index (χ0v) is 9.74. The highest BCUT2D eigenvalue weighted by atomic mass is 32.2. The van der Waals surface area contributed by atoms with Crippen molar-refractivity contribution in [1.29, 1.82) is 0 Å². The Hall–Kier alpha value is -1.38. The molecule has 0 amide bonds. The third kappa shape index (κ3) is 3.84. The van der Waals surface area contributed by atoms with Gasteiger partial charge in [-0.1, -0.05) is 0 Å². The van der Waals surface area contributed by atoms with Crippen molar-refractivity contribution in [2.24, 2.45) is 0 Å². The lowest BCUT2D eigenvalue weighted by Crippen LogP contribution is -2.24. The minimum absolute atomic E-state index is 0.00829. The first-order chi connectivity index (χ1) is 7.97. The van der Waals surface area contributed by atoms with Gasteiger partial charge in [-0.2, -0.15) is 0 Å². The van der Waals surface area contributed by atoms with Gasteiger partial charge in [0.1, 0.15) is 0 Å². The Morgan fingerprint density at radius 2 is 2.06 bits per heavy atom. The molecule has 1 aromatic heterocycles. The van der Waals surface area contributed by atoms with E-state index in [0.717, 1.165) is 12.1 Å². The molecule has 96 valence electrons. The molecule has 0 aliphatic rings.